The first kappa shape index (κ1) is 22.8. The van der Waals surface area contributed by atoms with Crippen LogP contribution in [0.3, 0.4) is 0 Å². The summed E-state index contributed by atoms with van der Waals surface area (Å²) in [4.78, 5) is 60.3. The molecule has 164 valence electrons. The number of aromatic nitrogens is 5. The van der Waals surface area contributed by atoms with Crippen molar-refractivity contribution in [1.82, 2.24) is 34.8 Å². The standard InChI is InChI=1S/C17H25N7O6/c1-9(2)6-10(16(28)30-5)19-11(25)7-18-12(26)8-24-13-14(20-21-24)22(3)17(29)23(4)15(13)27/h9-10H,6-8H2,1-5H3,(H,18,26)(H,19,25)/t10-/m0/s1. The summed E-state index contributed by atoms with van der Waals surface area (Å²) in [5.41, 5.74) is -1.18. The molecule has 2 aromatic heterocycles. The van der Waals surface area contributed by atoms with E-state index < -0.39 is 35.1 Å². The SMILES string of the molecule is COC(=O)[C@H](CC(C)C)NC(=O)CNC(=O)Cn1nnc2c1c(=O)n(C)c(=O)n2C. The summed E-state index contributed by atoms with van der Waals surface area (Å²) < 4.78 is 7.76. The highest BCUT2D eigenvalue weighted by Gasteiger charge is 2.23. The molecule has 0 radical (unpaired) electrons. The molecular weight excluding hydrogens is 398 g/mol. The lowest BCUT2D eigenvalue weighted by atomic mass is 10.0. The molecule has 0 aliphatic heterocycles. The van der Waals surface area contributed by atoms with Crippen LogP contribution in [0.15, 0.2) is 9.59 Å². The number of ether oxygens (including phenoxy) is 1. The minimum atomic E-state index is -0.817. The predicted octanol–water partition coefficient (Wildman–Crippen LogP) is -2.35. The summed E-state index contributed by atoms with van der Waals surface area (Å²) in [5, 5.41) is 12.4. The van der Waals surface area contributed by atoms with Crippen LogP contribution in [0.4, 0.5) is 0 Å². The van der Waals surface area contributed by atoms with Crippen LogP contribution in [-0.4, -0.2) is 61.6 Å². The molecule has 0 bridgehead atoms. The van der Waals surface area contributed by atoms with Gasteiger partial charge in [0, 0.05) is 14.1 Å². The zero-order valence-electron chi connectivity index (χ0n) is 17.5. The molecule has 13 heteroatoms. The fourth-order valence-corrected chi connectivity index (χ4v) is 2.85. The molecule has 0 saturated heterocycles. The Balaban J connectivity index is 2.05. The normalized spacial score (nSPS) is 12.1. The number of nitrogens with zero attached hydrogens (tertiary/aromatic N) is 5. The average Bonchev–Trinajstić information content (AvgIpc) is 3.11. The molecule has 13 nitrogen and oxygen atoms in total. The molecule has 0 aliphatic rings. The first-order valence-corrected chi connectivity index (χ1v) is 9.19. The van der Waals surface area contributed by atoms with E-state index in [2.05, 4.69) is 25.7 Å². The van der Waals surface area contributed by atoms with Gasteiger partial charge < -0.3 is 15.4 Å². The zero-order valence-corrected chi connectivity index (χ0v) is 17.5. The lowest BCUT2D eigenvalue weighted by Gasteiger charge is -2.18. The van der Waals surface area contributed by atoms with Gasteiger partial charge in [-0.3, -0.25) is 23.5 Å². The number of nitrogens with one attached hydrogen (secondary N) is 2. The van der Waals surface area contributed by atoms with E-state index in [0.717, 1.165) is 13.8 Å². The van der Waals surface area contributed by atoms with E-state index >= 15 is 0 Å². The maximum atomic E-state index is 12.3. The minimum absolute atomic E-state index is 0.0121. The van der Waals surface area contributed by atoms with Gasteiger partial charge in [0.05, 0.1) is 13.7 Å². The van der Waals surface area contributed by atoms with E-state index in [9.17, 15) is 24.0 Å². The number of fused-ring (bicyclic) bond motifs is 1. The van der Waals surface area contributed by atoms with Crippen molar-refractivity contribution < 1.29 is 19.1 Å². The van der Waals surface area contributed by atoms with Gasteiger partial charge in [0.2, 0.25) is 11.8 Å². The zero-order chi connectivity index (χ0) is 22.6. The summed E-state index contributed by atoms with van der Waals surface area (Å²) in [6.07, 6.45) is 0.388. The Kier molecular flexibility index (Phi) is 7.08. The van der Waals surface area contributed by atoms with Crippen molar-refractivity contribution in [3.8, 4) is 0 Å². The monoisotopic (exact) mass is 423 g/mol. The van der Waals surface area contributed by atoms with Crippen LogP contribution < -0.4 is 21.9 Å². The Hall–Kier alpha value is -3.51. The molecule has 0 spiro atoms. The fraction of sp³-hybridized carbons (Fsp3) is 0.588. The topological polar surface area (TPSA) is 159 Å². The number of amides is 2. The number of aryl methyl sites for hydroxylation is 1. The Morgan fingerprint density at radius 1 is 1.10 bits per heavy atom. The summed E-state index contributed by atoms with van der Waals surface area (Å²) in [6.45, 7) is 3.02. The van der Waals surface area contributed by atoms with Gasteiger partial charge in [-0.05, 0) is 12.3 Å². The van der Waals surface area contributed by atoms with E-state index in [1.165, 1.54) is 21.2 Å². The van der Waals surface area contributed by atoms with E-state index in [4.69, 9.17) is 0 Å². The second-order valence-electron chi connectivity index (χ2n) is 7.17. The van der Waals surface area contributed by atoms with Crippen molar-refractivity contribution in [2.24, 2.45) is 20.0 Å². The Morgan fingerprint density at radius 2 is 1.77 bits per heavy atom. The van der Waals surface area contributed by atoms with Gasteiger partial charge in [0.1, 0.15) is 12.6 Å². The molecular formula is C17H25N7O6. The number of carbonyl (C=O) groups is 3. The van der Waals surface area contributed by atoms with Crippen LogP contribution in [0, 0.1) is 5.92 Å². The highest BCUT2D eigenvalue weighted by molar-refractivity contribution is 5.88. The van der Waals surface area contributed by atoms with Crippen LogP contribution in [0.2, 0.25) is 0 Å². The predicted molar refractivity (Wildman–Crippen MR) is 104 cm³/mol. The molecule has 0 aromatic carbocycles. The quantitative estimate of drug-likeness (QED) is 0.446. The van der Waals surface area contributed by atoms with E-state index in [0.29, 0.717) is 6.42 Å². The third-order valence-corrected chi connectivity index (χ3v) is 4.38. The van der Waals surface area contributed by atoms with Gasteiger partial charge in [-0.1, -0.05) is 19.1 Å². The molecule has 2 amide bonds. The number of carbonyl (C=O) groups excluding carboxylic acids is 3. The van der Waals surface area contributed by atoms with Crippen molar-refractivity contribution >= 4 is 28.9 Å². The largest absolute Gasteiger partial charge is 0.467 e. The van der Waals surface area contributed by atoms with Crippen LogP contribution in [-0.2, 0) is 39.8 Å². The van der Waals surface area contributed by atoms with Crippen molar-refractivity contribution in [3.63, 3.8) is 0 Å². The Labute approximate surface area is 171 Å². The second-order valence-corrected chi connectivity index (χ2v) is 7.17. The fourth-order valence-electron chi connectivity index (χ4n) is 2.85. The molecule has 0 aliphatic carbocycles. The molecule has 1 atom stereocenters. The smallest absolute Gasteiger partial charge is 0.332 e. The maximum absolute atomic E-state index is 12.3. The summed E-state index contributed by atoms with van der Waals surface area (Å²) in [6, 6.07) is -0.817. The van der Waals surface area contributed by atoms with E-state index in [-0.39, 0.29) is 30.2 Å². The number of esters is 1. The van der Waals surface area contributed by atoms with Crippen molar-refractivity contribution in [1.29, 1.82) is 0 Å². The van der Waals surface area contributed by atoms with Crippen molar-refractivity contribution in [3.05, 3.63) is 20.8 Å². The molecule has 0 saturated carbocycles. The lowest BCUT2D eigenvalue weighted by Crippen LogP contribution is -2.47. The van der Waals surface area contributed by atoms with Crippen molar-refractivity contribution in [2.75, 3.05) is 13.7 Å². The van der Waals surface area contributed by atoms with Gasteiger partial charge in [-0.15, -0.1) is 5.10 Å². The van der Waals surface area contributed by atoms with E-state index in [1.807, 2.05) is 13.8 Å². The summed E-state index contributed by atoms with van der Waals surface area (Å²) in [5.74, 6) is -1.60. The van der Waals surface area contributed by atoms with Crippen LogP contribution >= 0.6 is 0 Å². The highest BCUT2D eigenvalue weighted by atomic mass is 16.5. The summed E-state index contributed by atoms with van der Waals surface area (Å²) in [7, 11) is 3.97. The summed E-state index contributed by atoms with van der Waals surface area (Å²) >= 11 is 0. The number of methoxy groups -OCH3 is 1. The van der Waals surface area contributed by atoms with Crippen LogP contribution in [0.1, 0.15) is 20.3 Å². The molecule has 0 unspecified atom stereocenters. The Morgan fingerprint density at radius 3 is 2.37 bits per heavy atom. The lowest BCUT2D eigenvalue weighted by molar-refractivity contribution is -0.145. The third kappa shape index (κ3) is 4.90. The molecule has 2 aromatic rings. The molecule has 2 rings (SSSR count). The van der Waals surface area contributed by atoms with Gasteiger partial charge in [0.15, 0.2) is 11.2 Å². The first-order valence-electron chi connectivity index (χ1n) is 9.19. The van der Waals surface area contributed by atoms with Gasteiger partial charge >= 0.3 is 11.7 Å². The van der Waals surface area contributed by atoms with E-state index in [1.54, 1.807) is 0 Å². The van der Waals surface area contributed by atoms with Crippen LogP contribution in [0.25, 0.3) is 11.2 Å². The molecule has 2 heterocycles. The second kappa shape index (κ2) is 9.33. The number of hydrogen-bond acceptors (Lipinski definition) is 8. The Bertz CT molecular complexity index is 1080. The number of hydrogen-bond donors (Lipinski definition) is 2. The first-order chi connectivity index (χ1) is 14.1. The maximum Gasteiger partial charge on any atom is 0.332 e. The van der Waals surface area contributed by atoms with Gasteiger partial charge in [-0.25, -0.2) is 14.3 Å². The molecule has 0 fully saturated rings. The van der Waals surface area contributed by atoms with Crippen LogP contribution in [0.5, 0.6) is 0 Å². The number of rotatable bonds is 8. The highest BCUT2D eigenvalue weighted by Crippen LogP contribution is 2.06. The van der Waals surface area contributed by atoms with Gasteiger partial charge in [-0.2, -0.15) is 0 Å². The molecule has 30 heavy (non-hydrogen) atoms. The average molecular weight is 423 g/mol. The van der Waals surface area contributed by atoms with Gasteiger partial charge in [0.25, 0.3) is 5.56 Å². The third-order valence-electron chi connectivity index (χ3n) is 4.38. The molecule has 2 N–H and O–H groups in total. The minimum Gasteiger partial charge on any atom is -0.467 e. The van der Waals surface area contributed by atoms with Crippen molar-refractivity contribution in [2.45, 2.75) is 32.9 Å².